The van der Waals surface area contributed by atoms with Crippen LogP contribution >= 0.6 is 32.3 Å². The summed E-state index contributed by atoms with van der Waals surface area (Å²) in [5, 5.41) is 9.95. The van der Waals surface area contributed by atoms with Gasteiger partial charge in [0.25, 0.3) is 5.91 Å². The Morgan fingerprint density at radius 1 is 1.10 bits per heavy atom. The Balaban J connectivity index is 0. The average molecular weight is 479 g/mol. The summed E-state index contributed by atoms with van der Waals surface area (Å²) in [6.07, 6.45) is 0. The molecule has 0 aliphatic rings. The van der Waals surface area contributed by atoms with Crippen LogP contribution in [0.3, 0.4) is 0 Å². The normalized spacial score (nSPS) is 8.63. The zero-order chi connectivity index (χ0) is 23.5. The predicted octanol–water partition coefficient (Wildman–Crippen LogP) is 2.40. The Kier molecular flexibility index (Phi) is 19.1. The Morgan fingerprint density at radius 2 is 1.50 bits per heavy atom. The van der Waals surface area contributed by atoms with Gasteiger partial charge in [0.2, 0.25) is 0 Å². The molecule has 1 amide bonds. The van der Waals surface area contributed by atoms with Crippen molar-refractivity contribution in [3.8, 4) is 0 Å². The molecule has 0 bridgehead atoms. The van der Waals surface area contributed by atoms with Crippen molar-refractivity contribution in [3.63, 3.8) is 0 Å². The van der Waals surface area contributed by atoms with E-state index in [2.05, 4.69) is 20.3 Å². The topological polar surface area (TPSA) is 131 Å². The fourth-order valence-corrected chi connectivity index (χ4v) is 1.63. The molecule has 1 atom stereocenters. The number of nitrogens with zero attached hydrogens (tertiary/aromatic N) is 3. The summed E-state index contributed by atoms with van der Waals surface area (Å²) in [6.45, 7) is 0.667. The molecule has 2 N–H and O–H groups in total. The molecule has 0 saturated carbocycles. The molecule has 0 radical (unpaired) electrons. The molecule has 2 aromatic heterocycles. The number of carboxylic acid groups (broad SMARTS) is 1. The zero-order valence-electron chi connectivity index (χ0n) is 16.7. The van der Waals surface area contributed by atoms with Gasteiger partial charge in [-0.05, 0) is 24.3 Å². The van der Waals surface area contributed by atoms with Crippen LogP contribution in [0.4, 0.5) is 0 Å². The predicted molar refractivity (Wildman–Crippen MR) is 117 cm³/mol. The fourth-order valence-electron chi connectivity index (χ4n) is 1.30. The second-order valence-corrected chi connectivity index (χ2v) is 5.57. The maximum atomic E-state index is 11.4. The van der Waals surface area contributed by atoms with Gasteiger partial charge in [0.15, 0.2) is 0 Å². The number of halogens is 2. The molecule has 14 heteroatoms. The van der Waals surface area contributed by atoms with Crippen molar-refractivity contribution < 1.29 is 29.1 Å². The number of rotatable bonds is 4. The molecule has 0 fully saturated rings. The summed E-state index contributed by atoms with van der Waals surface area (Å²) < 4.78 is 8.77. The van der Waals surface area contributed by atoms with E-state index in [1.807, 2.05) is 9.12 Å². The Bertz CT molecular complexity index is 789. The van der Waals surface area contributed by atoms with E-state index in [0.29, 0.717) is 6.87 Å². The first kappa shape index (κ1) is 30.2. The van der Waals surface area contributed by atoms with E-state index in [1.54, 1.807) is 38.4 Å². The van der Waals surface area contributed by atoms with Gasteiger partial charge in [0, 0.05) is 14.1 Å². The van der Waals surface area contributed by atoms with Gasteiger partial charge in [0.1, 0.15) is 21.7 Å². The third-order valence-corrected chi connectivity index (χ3v) is 3.05. The monoisotopic (exact) mass is 478 g/mol. The number of pyridine rings is 2. The molecule has 1 unspecified atom stereocenters. The number of hydroxylamine groups is 3. The Labute approximate surface area is 187 Å². The quantitative estimate of drug-likeness (QED) is 0.294. The van der Waals surface area contributed by atoms with E-state index in [0.717, 1.165) is 5.06 Å². The molecule has 2 heterocycles. The first-order valence-electron chi connectivity index (χ1n) is 7.84. The molecular formula is C16H22BCl2N4O6P. The average Bonchev–Trinajstić information content (AvgIpc) is 2.73. The third kappa shape index (κ3) is 14.9. The number of hydrogen-bond acceptors (Lipinski definition) is 8. The molecule has 0 aliphatic heterocycles. The van der Waals surface area contributed by atoms with Crippen LogP contribution in [-0.2, 0) is 14.4 Å². The van der Waals surface area contributed by atoms with Crippen molar-refractivity contribution in [1.29, 1.82) is 0 Å². The Morgan fingerprint density at radius 3 is 1.80 bits per heavy atom. The second-order valence-electron chi connectivity index (χ2n) is 4.53. The van der Waals surface area contributed by atoms with E-state index in [-0.39, 0.29) is 27.6 Å². The van der Waals surface area contributed by atoms with Gasteiger partial charge < -0.3 is 9.94 Å². The number of aromatic carboxylic acids is 1. The molecule has 0 saturated heterocycles. The van der Waals surface area contributed by atoms with Crippen LogP contribution in [0.5, 0.6) is 0 Å². The maximum absolute atomic E-state index is 11.4. The van der Waals surface area contributed by atoms with Gasteiger partial charge in [-0.1, -0.05) is 35.3 Å². The van der Waals surface area contributed by atoms with Gasteiger partial charge in [-0.3, -0.25) is 9.63 Å². The van der Waals surface area contributed by atoms with Crippen LogP contribution < -0.4 is 5.48 Å². The smallest absolute Gasteiger partial charge is 0.354 e. The molecule has 10 nitrogen and oxygen atoms in total. The molecule has 0 aromatic carbocycles. The number of aromatic nitrogens is 2. The minimum Gasteiger partial charge on any atom is -0.477 e. The number of carbonyl (C=O) groups excluding carboxylic acids is 1. The standard InChI is InChI=1S/C8H9ClN2O2.C6H4ClNO2.C2H7NO.BH2OP/c1-11(13-2)8(12)6-4-3-5-7(9)10-6;7-5-3-1-2-4(8-5)6(9)10;1-3-4-2;2-1-3/h3-5H,1-2H3;1-3H,(H,9,10);3H,1-2H3;3H2. The first-order chi connectivity index (χ1) is 14.2. The van der Waals surface area contributed by atoms with E-state index < -0.39 is 5.97 Å². The molecule has 2 aromatic rings. The molecule has 0 aliphatic carbocycles. The number of carboxylic acids is 1. The third-order valence-electron chi connectivity index (χ3n) is 2.63. The SMILES string of the molecule is CNOC.CON(C)C(=O)c1cccc(Cl)n1.O=BP.O=C(O)c1cccc(Cl)n1. The van der Waals surface area contributed by atoms with Crippen molar-refractivity contribution in [2.24, 2.45) is 0 Å². The van der Waals surface area contributed by atoms with E-state index in [1.165, 1.54) is 26.3 Å². The van der Waals surface area contributed by atoms with Crippen molar-refractivity contribution >= 4 is 51.1 Å². The summed E-state index contributed by atoms with van der Waals surface area (Å²) in [5.74, 6) is -1.40. The number of amides is 1. The number of nitrogens with one attached hydrogen (secondary N) is 1. The minimum atomic E-state index is -1.07. The largest absolute Gasteiger partial charge is 0.477 e. The summed E-state index contributed by atoms with van der Waals surface area (Å²) in [6, 6.07) is 9.28. The summed E-state index contributed by atoms with van der Waals surface area (Å²) in [7, 11) is 8.09. The summed E-state index contributed by atoms with van der Waals surface area (Å²) in [5.41, 5.74) is 2.66. The number of carbonyl (C=O) groups is 2. The first-order valence-corrected chi connectivity index (χ1v) is 9.26. The Hall–Kier alpha value is -2.01. The van der Waals surface area contributed by atoms with Gasteiger partial charge in [-0.25, -0.2) is 25.3 Å². The molecular weight excluding hydrogens is 457 g/mol. The summed E-state index contributed by atoms with van der Waals surface area (Å²) in [4.78, 5) is 38.0. The molecule has 164 valence electrons. The van der Waals surface area contributed by atoms with Gasteiger partial charge in [-0.15, -0.1) is 0 Å². The van der Waals surface area contributed by atoms with Crippen LogP contribution in [0.15, 0.2) is 36.4 Å². The van der Waals surface area contributed by atoms with Crippen LogP contribution in [0.1, 0.15) is 21.0 Å². The molecule has 0 spiro atoms. The van der Waals surface area contributed by atoms with Gasteiger partial charge in [0.05, 0.1) is 14.2 Å². The van der Waals surface area contributed by atoms with Gasteiger partial charge in [-0.2, -0.15) is 0 Å². The van der Waals surface area contributed by atoms with Gasteiger partial charge >= 0.3 is 26.7 Å². The van der Waals surface area contributed by atoms with E-state index in [4.69, 9.17) is 37.9 Å². The van der Waals surface area contributed by atoms with E-state index >= 15 is 0 Å². The maximum Gasteiger partial charge on any atom is 0.354 e. The van der Waals surface area contributed by atoms with Crippen LogP contribution in [-0.4, -0.2) is 67.2 Å². The van der Waals surface area contributed by atoms with E-state index in [9.17, 15) is 9.59 Å². The van der Waals surface area contributed by atoms with Crippen molar-refractivity contribution in [2.45, 2.75) is 0 Å². The zero-order valence-corrected chi connectivity index (χ0v) is 19.4. The van der Waals surface area contributed by atoms with Crippen LogP contribution in [0, 0.1) is 0 Å². The molecule has 2 rings (SSSR count). The molecule has 30 heavy (non-hydrogen) atoms. The van der Waals surface area contributed by atoms with Crippen LogP contribution in [0.2, 0.25) is 10.3 Å². The van der Waals surface area contributed by atoms with Crippen molar-refractivity contribution in [1.82, 2.24) is 20.5 Å². The minimum absolute atomic E-state index is 0.0347. The summed E-state index contributed by atoms with van der Waals surface area (Å²) >= 11 is 11.0. The second kappa shape index (κ2) is 19.0. The van der Waals surface area contributed by atoms with Crippen molar-refractivity contribution in [3.05, 3.63) is 58.1 Å². The number of hydrogen-bond donors (Lipinski definition) is 2. The van der Waals surface area contributed by atoms with Crippen molar-refractivity contribution in [2.75, 3.05) is 28.3 Å². The fraction of sp³-hybridized carbons (Fsp3) is 0.250. The van der Waals surface area contributed by atoms with Crippen LogP contribution in [0.25, 0.3) is 0 Å².